The standard InChI is InChI=1S/C15H23NO2/c1-4-11-9-12-13(16-5-2)7-6-8-18-15(12)14(10-11)17-3/h9-10,13,16H,4-8H2,1-3H3. The van der Waals surface area contributed by atoms with Crippen LogP contribution in [0.2, 0.25) is 0 Å². The minimum absolute atomic E-state index is 0.382. The highest BCUT2D eigenvalue weighted by molar-refractivity contribution is 5.51. The largest absolute Gasteiger partial charge is 0.493 e. The normalized spacial score (nSPS) is 18.7. The number of nitrogens with one attached hydrogen (secondary N) is 1. The first kappa shape index (κ1) is 13.2. The maximum atomic E-state index is 5.88. The number of methoxy groups -OCH3 is 1. The molecule has 1 aliphatic rings. The van der Waals surface area contributed by atoms with E-state index < -0.39 is 0 Å². The van der Waals surface area contributed by atoms with Crippen molar-refractivity contribution in [3.63, 3.8) is 0 Å². The number of hydrogen-bond acceptors (Lipinski definition) is 3. The SMILES string of the molecule is CCNC1CCCOc2c(OC)cc(CC)cc21. The highest BCUT2D eigenvalue weighted by Gasteiger charge is 2.22. The zero-order valence-corrected chi connectivity index (χ0v) is 11.6. The van der Waals surface area contributed by atoms with Crippen LogP contribution in [0, 0.1) is 0 Å². The van der Waals surface area contributed by atoms with Gasteiger partial charge in [0, 0.05) is 11.6 Å². The number of benzene rings is 1. The second kappa shape index (κ2) is 6.10. The van der Waals surface area contributed by atoms with Crippen LogP contribution in [0.3, 0.4) is 0 Å². The second-order valence-electron chi connectivity index (χ2n) is 4.67. The van der Waals surface area contributed by atoms with E-state index in [1.807, 2.05) is 0 Å². The number of fused-ring (bicyclic) bond motifs is 1. The Hall–Kier alpha value is -1.22. The van der Waals surface area contributed by atoms with Crippen LogP contribution in [0.5, 0.6) is 11.5 Å². The lowest BCUT2D eigenvalue weighted by Crippen LogP contribution is -2.20. The van der Waals surface area contributed by atoms with Crippen molar-refractivity contribution in [2.75, 3.05) is 20.3 Å². The van der Waals surface area contributed by atoms with Crippen LogP contribution in [0.4, 0.5) is 0 Å². The number of ether oxygens (including phenoxy) is 2. The first-order valence-corrected chi connectivity index (χ1v) is 6.87. The van der Waals surface area contributed by atoms with E-state index >= 15 is 0 Å². The van der Waals surface area contributed by atoms with Crippen LogP contribution in [0.25, 0.3) is 0 Å². The quantitative estimate of drug-likeness (QED) is 0.889. The summed E-state index contributed by atoms with van der Waals surface area (Å²) < 4.78 is 11.4. The third kappa shape index (κ3) is 2.61. The maximum absolute atomic E-state index is 5.88. The Balaban J connectivity index is 2.46. The lowest BCUT2D eigenvalue weighted by molar-refractivity contribution is 0.294. The molecule has 1 aromatic rings. The van der Waals surface area contributed by atoms with Gasteiger partial charge in [0.1, 0.15) is 0 Å². The fourth-order valence-electron chi connectivity index (χ4n) is 2.53. The van der Waals surface area contributed by atoms with Gasteiger partial charge in [-0.1, -0.05) is 19.9 Å². The molecule has 100 valence electrons. The third-order valence-corrected chi connectivity index (χ3v) is 3.48. The van der Waals surface area contributed by atoms with E-state index in [1.54, 1.807) is 7.11 Å². The molecule has 1 N–H and O–H groups in total. The third-order valence-electron chi connectivity index (χ3n) is 3.48. The first-order chi connectivity index (χ1) is 8.80. The average Bonchev–Trinajstić information content (AvgIpc) is 2.61. The molecule has 18 heavy (non-hydrogen) atoms. The molecule has 1 atom stereocenters. The van der Waals surface area contributed by atoms with Gasteiger partial charge in [0.2, 0.25) is 0 Å². The summed E-state index contributed by atoms with van der Waals surface area (Å²) in [6.07, 6.45) is 3.22. The van der Waals surface area contributed by atoms with E-state index in [9.17, 15) is 0 Å². The van der Waals surface area contributed by atoms with E-state index in [2.05, 4.69) is 31.3 Å². The Labute approximate surface area is 109 Å². The first-order valence-electron chi connectivity index (χ1n) is 6.87. The molecule has 3 heteroatoms. The van der Waals surface area contributed by atoms with Gasteiger partial charge in [-0.25, -0.2) is 0 Å². The summed E-state index contributed by atoms with van der Waals surface area (Å²) in [5, 5.41) is 3.55. The van der Waals surface area contributed by atoms with Crippen molar-refractivity contribution in [3.8, 4) is 11.5 Å². The lowest BCUT2D eigenvalue weighted by atomic mass is 9.98. The highest BCUT2D eigenvalue weighted by Crippen LogP contribution is 2.39. The van der Waals surface area contributed by atoms with E-state index in [-0.39, 0.29) is 0 Å². The summed E-state index contributed by atoms with van der Waals surface area (Å²) in [6.45, 7) is 6.06. The average molecular weight is 249 g/mol. The van der Waals surface area contributed by atoms with Crippen molar-refractivity contribution in [1.82, 2.24) is 5.32 Å². The Morgan fingerprint density at radius 2 is 2.22 bits per heavy atom. The molecule has 0 saturated carbocycles. The second-order valence-corrected chi connectivity index (χ2v) is 4.67. The van der Waals surface area contributed by atoms with Crippen LogP contribution in [0.15, 0.2) is 12.1 Å². The summed E-state index contributed by atoms with van der Waals surface area (Å²) in [4.78, 5) is 0. The van der Waals surface area contributed by atoms with Crippen LogP contribution in [-0.4, -0.2) is 20.3 Å². The van der Waals surface area contributed by atoms with Crippen molar-refractivity contribution in [3.05, 3.63) is 23.3 Å². The molecule has 1 unspecified atom stereocenters. The van der Waals surface area contributed by atoms with Crippen LogP contribution in [0.1, 0.15) is 43.9 Å². The fraction of sp³-hybridized carbons (Fsp3) is 0.600. The fourth-order valence-corrected chi connectivity index (χ4v) is 2.53. The topological polar surface area (TPSA) is 30.5 Å². The van der Waals surface area contributed by atoms with Crippen molar-refractivity contribution < 1.29 is 9.47 Å². The predicted octanol–water partition coefficient (Wildman–Crippen LogP) is 3.08. The molecule has 0 bridgehead atoms. The molecular formula is C15H23NO2. The zero-order valence-electron chi connectivity index (χ0n) is 11.6. The Kier molecular flexibility index (Phi) is 4.48. The molecule has 2 rings (SSSR count). The van der Waals surface area contributed by atoms with Gasteiger partial charge in [-0.2, -0.15) is 0 Å². The van der Waals surface area contributed by atoms with Gasteiger partial charge in [-0.3, -0.25) is 0 Å². The zero-order chi connectivity index (χ0) is 13.0. The predicted molar refractivity (Wildman–Crippen MR) is 73.5 cm³/mol. The maximum Gasteiger partial charge on any atom is 0.165 e. The smallest absolute Gasteiger partial charge is 0.165 e. The van der Waals surface area contributed by atoms with Crippen LogP contribution >= 0.6 is 0 Å². The van der Waals surface area contributed by atoms with E-state index in [0.717, 1.165) is 43.9 Å². The lowest BCUT2D eigenvalue weighted by Gasteiger charge is -2.20. The molecule has 0 aromatic heterocycles. The number of aryl methyl sites for hydroxylation is 1. The summed E-state index contributed by atoms with van der Waals surface area (Å²) in [5.41, 5.74) is 2.56. The molecule has 0 radical (unpaired) electrons. The minimum atomic E-state index is 0.382. The summed E-state index contributed by atoms with van der Waals surface area (Å²) in [5.74, 6) is 1.80. The summed E-state index contributed by atoms with van der Waals surface area (Å²) in [7, 11) is 1.71. The van der Waals surface area contributed by atoms with Gasteiger partial charge in [-0.15, -0.1) is 0 Å². The molecule has 1 heterocycles. The van der Waals surface area contributed by atoms with Gasteiger partial charge in [0.25, 0.3) is 0 Å². The molecule has 0 amide bonds. The number of rotatable bonds is 4. The summed E-state index contributed by atoms with van der Waals surface area (Å²) in [6, 6.07) is 4.73. The van der Waals surface area contributed by atoms with Gasteiger partial charge >= 0.3 is 0 Å². The van der Waals surface area contributed by atoms with Gasteiger partial charge in [-0.05, 0) is 37.4 Å². The molecular weight excluding hydrogens is 226 g/mol. The van der Waals surface area contributed by atoms with Gasteiger partial charge in [0.15, 0.2) is 11.5 Å². The highest BCUT2D eigenvalue weighted by atomic mass is 16.5. The van der Waals surface area contributed by atoms with Crippen molar-refractivity contribution in [2.45, 2.75) is 39.2 Å². The molecule has 3 nitrogen and oxygen atoms in total. The minimum Gasteiger partial charge on any atom is -0.493 e. The van der Waals surface area contributed by atoms with Crippen molar-refractivity contribution >= 4 is 0 Å². The monoisotopic (exact) mass is 249 g/mol. The Morgan fingerprint density at radius 1 is 1.39 bits per heavy atom. The Bertz CT molecular complexity index is 404. The Morgan fingerprint density at radius 3 is 2.89 bits per heavy atom. The summed E-state index contributed by atoms with van der Waals surface area (Å²) >= 11 is 0. The molecule has 1 aliphatic heterocycles. The molecule has 0 fully saturated rings. The van der Waals surface area contributed by atoms with Crippen molar-refractivity contribution in [1.29, 1.82) is 0 Å². The van der Waals surface area contributed by atoms with Crippen LogP contribution < -0.4 is 14.8 Å². The van der Waals surface area contributed by atoms with Crippen LogP contribution in [-0.2, 0) is 6.42 Å². The van der Waals surface area contributed by atoms with E-state index in [1.165, 1.54) is 11.1 Å². The number of hydrogen-bond donors (Lipinski definition) is 1. The molecule has 0 saturated heterocycles. The van der Waals surface area contributed by atoms with E-state index in [4.69, 9.17) is 9.47 Å². The molecule has 0 aliphatic carbocycles. The molecule has 1 aromatic carbocycles. The molecule has 0 spiro atoms. The van der Waals surface area contributed by atoms with Crippen molar-refractivity contribution in [2.24, 2.45) is 0 Å². The van der Waals surface area contributed by atoms with Gasteiger partial charge < -0.3 is 14.8 Å². The van der Waals surface area contributed by atoms with E-state index in [0.29, 0.717) is 6.04 Å². The van der Waals surface area contributed by atoms with Gasteiger partial charge in [0.05, 0.1) is 13.7 Å².